The summed E-state index contributed by atoms with van der Waals surface area (Å²) in [6.45, 7) is 1.57. The van der Waals surface area contributed by atoms with Crippen molar-refractivity contribution in [3.63, 3.8) is 0 Å². The highest BCUT2D eigenvalue weighted by atomic mass is 19.4. The van der Waals surface area contributed by atoms with Gasteiger partial charge in [-0.2, -0.15) is 23.5 Å². The van der Waals surface area contributed by atoms with Crippen molar-refractivity contribution in [1.82, 2.24) is 20.4 Å². The van der Waals surface area contributed by atoms with Crippen molar-refractivity contribution in [3.05, 3.63) is 113 Å². The molecule has 0 radical (unpaired) electrons. The van der Waals surface area contributed by atoms with Gasteiger partial charge >= 0.3 is 6.18 Å². The van der Waals surface area contributed by atoms with E-state index in [4.69, 9.17) is 5.26 Å². The summed E-state index contributed by atoms with van der Waals surface area (Å²) in [5, 5.41) is 29.9. The van der Waals surface area contributed by atoms with Crippen LogP contribution in [0.3, 0.4) is 0 Å². The first kappa shape index (κ1) is 30.2. The predicted octanol–water partition coefficient (Wildman–Crippen LogP) is 4.43. The van der Waals surface area contributed by atoms with Gasteiger partial charge in [0.2, 0.25) is 0 Å². The lowest BCUT2D eigenvalue weighted by Crippen LogP contribution is -2.55. The van der Waals surface area contributed by atoms with Gasteiger partial charge in [0.15, 0.2) is 6.19 Å². The molecule has 0 aliphatic carbocycles. The number of likely N-dealkylation sites (N-methyl/N-ethyl adjacent to an activating group) is 1. The number of hydrogen-bond acceptors (Lipinski definition) is 6. The fourth-order valence-corrected chi connectivity index (χ4v) is 5.35. The van der Waals surface area contributed by atoms with Crippen LogP contribution in [-0.2, 0) is 11.0 Å². The number of carbonyl (C=O) groups is 2. The second-order valence-corrected chi connectivity index (χ2v) is 10.0. The van der Waals surface area contributed by atoms with E-state index in [1.165, 1.54) is 39.9 Å². The Hall–Kier alpha value is -5.22. The van der Waals surface area contributed by atoms with Crippen LogP contribution in [-0.4, -0.2) is 45.8 Å². The Morgan fingerprint density at radius 1 is 1.09 bits per heavy atom. The van der Waals surface area contributed by atoms with Crippen LogP contribution in [0.1, 0.15) is 51.7 Å². The van der Waals surface area contributed by atoms with Crippen LogP contribution >= 0.6 is 0 Å². The number of carbonyl (C=O) groups excluding carboxylic acids is 2. The van der Waals surface area contributed by atoms with Gasteiger partial charge in [0.1, 0.15) is 23.8 Å². The summed E-state index contributed by atoms with van der Waals surface area (Å²) in [5.74, 6) is -2.87. The zero-order chi connectivity index (χ0) is 31.6. The molecule has 3 aromatic carbocycles. The highest BCUT2D eigenvalue weighted by Crippen LogP contribution is 2.45. The van der Waals surface area contributed by atoms with E-state index in [1.807, 2.05) is 0 Å². The number of nitriles is 1. The lowest BCUT2D eigenvalue weighted by Gasteiger charge is -2.38. The number of nitrogens with one attached hydrogen (secondary N) is 2. The molecule has 0 saturated carbocycles. The standard InChI is InChI=1S/C31H26F4N6O3/c1-2-40-29-25(26(23(42)16-37-17-36)39-41(29)22-9-4-3-5-10-22)24(18-11-13-21(32)14-12-18)27(30(40)44)38-28(43)19-7-6-8-20(15-19)31(33,34)35/h3-15,23-24,27,37,42H,2,16H2,1H3,(H,38,43)/t23?,24-,27-/m1/s1. The fourth-order valence-electron chi connectivity index (χ4n) is 5.35. The Morgan fingerprint density at radius 3 is 2.43 bits per heavy atom. The van der Waals surface area contributed by atoms with E-state index in [-0.39, 0.29) is 30.2 Å². The number of nitrogens with zero attached hydrogens (tertiary/aromatic N) is 4. The number of rotatable bonds is 8. The Labute approximate surface area is 249 Å². The van der Waals surface area contributed by atoms with Crippen LogP contribution in [0.25, 0.3) is 5.69 Å². The molecule has 9 nitrogen and oxygen atoms in total. The molecule has 2 amide bonds. The first-order chi connectivity index (χ1) is 21.0. The smallest absolute Gasteiger partial charge is 0.385 e. The van der Waals surface area contributed by atoms with Gasteiger partial charge in [0, 0.05) is 23.6 Å². The van der Waals surface area contributed by atoms with Gasteiger partial charge in [-0.25, -0.2) is 9.07 Å². The van der Waals surface area contributed by atoms with Gasteiger partial charge in [-0.3, -0.25) is 14.5 Å². The first-order valence-corrected chi connectivity index (χ1v) is 13.6. The number of aliphatic hydroxyl groups is 1. The molecule has 0 saturated heterocycles. The molecule has 0 fully saturated rings. The van der Waals surface area contributed by atoms with Crippen molar-refractivity contribution in [1.29, 1.82) is 5.26 Å². The fraction of sp³-hybridized carbons (Fsp3) is 0.226. The number of benzene rings is 3. The molecule has 2 heterocycles. The number of anilines is 1. The SMILES string of the molecule is CCN1C(=O)[C@H](NC(=O)c2cccc(C(F)(F)F)c2)[C@H](c2ccc(F)cc2)c2c(C(O)CNC#N)nn(-c3ccccc3)c21. The van der Waals surface area contributed by atoms with Crippen molar-refractivity contribution >= 4 is 17.6 Å². The summed E-state index contributed by atoms with van der Waals surface area (Å²) in [5.41, 5.74) is -0.0231. The molecule has 1 aliphatic heterocycles. The van der Waals surface area contributed by atoms with E-state index >= 15 is 0 Å². The number of amides is 2. The molecule has 1 unspecified atom stereocenters. The normalized spacial score (nSPS) is 17.0. The second kappa shape index (κ2) is 12.2. The van der Waals surface area contributed by atoms with Crippen molar-refractivity contribution in [2.45, 2.75) is 31.2 Å². The average molecular weight is 607 g/mol. The summed E-state index contributed by atoms with van der Waals surface area (Å²) in [4.78, 5) is 29.0. The topological polar surface area (TPSA) is 123 Å². The minimum atomic E-state index is -4.70. The summed E-state index contributed by atoms with van der Waals surface area (Å²) in [7, 11) is 0. The highest BCUT2D eigenvalue weighted by molar-refractivity contribution is 6.05. The summed E-state index contributed by atoms with van der Waals surface area (Å²) < 4.78 is 55.7. The van der Waals surface area contributed by atoms with Crippen LogP contribution < -0.4 is 15.5 Å². The number of para-hydroxylation sites is 1. The molecule has 3 atom stereocenters. The number of alkyl halides is 3. The molecular weight excluding hydrogens is 580 g/mol. The Balaban J connectivity index is 1.72. The molecule has 5 rings (SSSR count). The van der Waals surface area contributed by atoms with Gasteiger partial charge in [-0.15, -0.1) is 0 Å². The highest BCUT2D eigenvalue weighted by Gasteiger charge is 2.47. The molecule has 44 heavy (non-hydrogen) atoms. The van der Waals surface area contributed by atoms with Crippen LogP contribution in [0.4, 0.5) is 23.4 Å². The van der Waals surface area contributed by atoms with Gasteiger partial charge in [-0.05, 0) is 55.0 Å². The predicted molar refractivity (Wildman–Crippen MR) is 151 cm³/mol. The average Bonchev–Trinajstić information content (AvgIpc) is 3.41. The monoisotopic (exact) mass is 606 g/mol. The molecule has 4 aromatic rings. The van der Waals surface area contributed by atoms with E-state index in [1.54, 1.807) is 43.4 Å². The second-order valence-electron chi connectivity index (χ2n) is 10.0. The zero-order valence-electron chi connectivity index (χ0n) is 23.2. The number of fused-ring (bicyclic) bond motifs is 1. The number of hydrogen-bond donors (Lipinski definition) is 3. The molecule has 1 aliphatic rings. The number of aliphatic hydroxyl groups excluding tert-OH is 1. The molecule has 1 aromatic heterocycles. The molecule has 3 N–H and O–H groups in total. The lowest BCUT2D eigenvalue weighted by molar-refractivity contribution is -0.137. The first-order valence-electron chi connectivity index (χ1n) is 13.6. The van der Waals surface area contributed by atoms with Gasteiger partial charge in [0.25, 0.3) is 11.8 Å². The van der Waals surface area contributed by atoms with Crippen LogP contribution in [0.5, 0.6) is 0 Å². The maximum absolute atomic E-state index is 14.2. The molecule has 226 valence electrons. The zero-order valence-corrected chi connectivity index (χ0v) is 23.2. The summed E-state index contributed by atoms with van der Waals surface area (Å²) in [6, 6.07) is 16.4. The molecule has 0 spiro atoms. The Bertz CT molecular complexity index is 1720. The minimum absolute atomic E-state index is 0.0881. The van der Waals surface area contributed by atoms with Gasteiger partial charge in [-0.1, -0.05) is 36.4 Å². The summed E-state index contributed by atoms with van der Waals surface area (Å²) >= 11 is 0. The van der Waals surface area contributed by atoms with Crippen molar-refractivity contribution in [2.75, 3.05) is 18.0 Å². The van der Waals surface area contributed by atoms with E-state index in [9.17, 15) is 32.3 Å². The van der Waals surface area contributed by atoms with Crippen molar-refractivity contribution in [3.8, 4) is 11.9 Å². The number of aromatic nitrogens is 2. The molecule has 13 heteroatoms. The maximum atomic E-state index is 14.2. The van der Waals surface area contributed by atoms with E-state index in [2.05, 4.69) is 15.7 Å². The van der Waals surface area contributed by atoms with Gasteiger partial charge in [0.05, 0.1) is 23.5 Å². The van der Waals surface area contributed by atoms with Crippen LogP contribution in [0, 0.1) is 17.3 Å². The largest absolute Gasteiger partial charge is 0.416 e. The molecule has 0 bridgehead atoms. The third kappa shape index (κ3) is 5.71. The van der Waals surface area contributed by atoms with Crippen molar-refractivity contribution in [2.24, 2.45) is 0 Å². The third-order valence-electron chi connectivity index (χ3n) is 7.33. The molecular formula is C31H26F4N6O3. The van der Waals surface area contributed by atoms with Crippen molar-refractivity contribution < 1.29 is 32.3 Å². The van der Waals surface area contributed by atoms with E-state index in [0.717, 1.165) is 12.1 Å². The minimum Gasteiger partial charge on any atom is -0.385 e. The quantitative estimate of drug-likeness (QED) is 0.155. The van der Waals surface area contributed by atoms with Gasteiger partial charge < -0.3 is 15.7 Å². The summed E-state index contributed by atoms with van der Waals surface area (Å²) in [6.07, 6.45) is -4.31. The van der Waals surface area contributed by atoms with Crippen LogP contribution in [0.2, 0.25) is 0 Å². The lowest BCUT2D eigenvalue weighted by atomic mass is 9.80. The Morgan fingerprint density at radius 2 is 1.80 bits per heavy atom. The number of halogens is 4. The van der Waals surface area contributed by atoms with E-state index in [0.29, 0.717) is 22.9 Å². The maximum Gasteiger partial charge on any atom is 0.416 e. The Kier molecular flexibility index (Phi) is 8.37. The third-order valence-corrected chi connectivity index (χ3v) is 7.33. The van der Waals surface area contributed by atoms with E-state index < -0.39 is 47.4 Å². The van der Waals surface area contributed by atoms with Crippen LogP contribution in [0.15, 0.2) is 78.9 Å².